The summed E-state index contributed by atoms with van der Waals surface area (Å²) < 4.78 is 5.32. The molecule has 3 rings (SSSR count). The summed E-state index contributed by atoms with van der Waals surface area (Å²) in [4.78, 5) is 16.5. The molecule has 1 aromatic heterocycles. The van der Waals surface area contributed by atoms with Crippen molar-refractivity contribution in [2.45, 2.75) is 25.7 Å². The Balaban J connectivity index is 1.66. The van der Waals surface area contributed by atoms with Crippen LogP contribution in [0.5, 0.6) is 0 Å². The molecular formula is C15H22N4O2. The number of anilines is 1. The van der Waals surface area contributed by atoms with Gasteiger partial charge in [-0.2, -0.15) is 0 Å². The molecule has 1 aromatic rings. The molecular weight excluding hydrogens is 268 g/mol. The van der Waals surface area contributed by atoms with Gasteiger partial charge in [0.15, 0.2) is 11.5 Å². The Morgan fingerprint density at radius 1 is 0.952 bits per heavy atom. The summed E-state index contributed by atoms with van der Waals surface area (Å²) in [6.07, 6.45) is 4.60. The van der Waals surface area contributed by atoms with Crippen molar-refractivity contribution in [2.24, 2.45) is 0 Å². The van der Waals surface area contributed by atoms with Crippen LogP contribution in [-0.2, 0) is 4.74 Å². The summed E-state index contributed by atoms with van der Waals surface area (Å²) in [6.45, 7) is 4.77. The van der Waals surface area contributed by atoms with Gasteiger partial charge in [-0.25, -0.2) is 0 Å². The summed E-state index contributed by atoms with van der Waals surface area (Å²) in [5.74, 6) is 0.837. The standard InChI is InChI=1S/C15H22N4O2/c20-15(19-7-3-1-2-4-8-19)13-5-6-14(17-16-13)18-9-11-21-12-10-18/h5-6H,1-4,7-12H2. The quantitative estimate of drug-likeness (QED) is 0.822. The Labute approximate surface area is 125 Å². The molecule has 2 saturated heterocycles. The van der Waals surface area contributed by atoms with Gasteiger partial charge in [0, 0.05) is 26.2 Å². The van der Waals surface area contributed by atoms with E-state index < -0.39 is 0 Å². The number of hydrogen-bond donors (Lipinski definition) is 0. The highest BCUT2D eigenvalue weighted by Crippen LogP contribution is 2.15. The second kappa shape index (κ2) is 6.85. The third-order valence-electron chi connectivity index (χ3n) is 4.10. The number of carbonyl (C=O) groups excluding carboxylic acids is 1. The van der Waals surface area contributed by atoms with E-state index in [4.69, 9.17) is 4.74 Å². The highest BCUT2D eigenvalue weighted by molar-refractivity contribution is 5.92. The van der Waals surface area contributed by atoms with Gasteiger partial charge in [0.05, 0.1) is 13.2 Å². The molecule has 0 unspecified atom stereocenters. The van der Waals surface area contributed by atoms with Crippen LogP contribution < -0.4 is 4.90 Å². The van der Waals surface area contributed by atoms with Gasteiger partial charge in [-0.15, -0.1) is 10.2 Å². The molecule has 21 heavy (non-hydrogen) atoms. The lowest BCUT2D eigenvalue weighted by Gasteiger charge is -2.27. The summed E-state index contributed by atoms with van der Waals surface area (Å²) in [7, 11) is 0. The fourth-order valence-electron chi connectivity index (χ4n) is 2.84. The number of nitrogens with zero attached hydrogens (tertiary/aromatic N) is 4. The van der Waals surface area contributed by atoms with E-state index in [2.05, 4.69) is 15.1 Å². The second-order valence-electron chi connectivity index (χ2n) is 5.58. The minimum Gasteiger partial charge on any atom is -0.378 e. The molecule has 6 heteroatoms. The highest BCUT2D eigenvalue weighted by Gasteiger charge is 2.20. The molecule has 0 atom stereocenters. The Kier molecular flexibility index (Phi) is 4.65. The van der Waals surface area contributed by atoms with Crippen LogP contribution in [0.3, 0.4) is 0 Å². The fourth-order valence-corrected chi connectivity index (χ4v) is 2.84. The van der Waals surface area contributed by atoms with E-state index in [1.165, 1.54) is 12.8 Å². The maximum absolute atomic E-state index is 12.4. The van der Waals surface area contributed by atoms with Gasteiger partial charge in [0.25, 0.3) is 5.91 Å². The number of carbonyl (C=O) groups is 1. The number of hydrogen-bond acceptors (Lipinski definition) is 5. The van der Waals surface area contributed by atoms with Crippen molar-refractivity contribution >= 4 is 11.7 Å². The molecule has 2 aliphatic heterocycles. The first kappa shape index (κ1) is 14.3. The van der Waals surface area contributed by atoms with Crippen LogP contribution in [0.15, 0.2) is 12.1 Å². The van der Waals surface area contributed by atoms with E-state index in [-0.39, 0.29) is 5.91 Å². The van der Waals surface area contributed by atoms with Crippen molar-refractivity contribution in [1.29, 1.82) is 0 Å². The first-order chi connectivity index (χ1) is 10.3. The van der Waals surface area contributed by atoms with Crippen LogP contribution in [0.2, 0.25) is 0 Å². The van der Waals surface area contributed by atoms with E-state index in [1.807, 2.05) is 11.0 Å². The number of morpholine rings is 1. The van der Waals surface area contributed by atoms with Crippen LogP contribution in [-0.4, -0.2) is 60.4 Å². The molecule has 0 bridgehead atoms. The van der Waals surface area contributed by atoms with E-state index in [1.54, 1.807) is 6.07 Å². The van der Waals surface area contributed by atoms with Gasteiger partial charge in [-0.3, -0.25) is 4.79 Å². The zero-order valence-electron chi connectivity index (χ0n) is 12.3. The summed E-state index contributed by atoms with van der Waals surface area (Å²) in [6, 6.07) is 3.69. The minimum atomic E-state index is 0.0120. The SMILES string of the molecule is O=C(c1ccc(N2CCOCC2)nn1)N1CCCCCC1. The Bertz CT molecular complexity index is 463. The average Bonchev–Trinajstić information content (AvgIpc) is 2.84. The molecule has 0 aliphatic carbocycles. The lowest BCUT2D eigenvalue weighted by atomic mass is 10.2. The maximum Gasteiger partial charge on any atom is 0.274 e. The van der Waals surface area contributed by atoms with Crippen LogP contribution in [0.1, 0.15) is 36.2 Å². The van der Waals surface area contributed by atoms with Crippen LogP contribution in [0.4, 0.5) is 5.82 Å². The smallest absolute Gasteiger partial charge is 0.274 e. The van der Waals surface area contributed by atoms with Crippen LogP contribution in [0, 0.1) is 0 Å². The first-order valence-corrected chi connectivity index (χ1v) is 7.80. The number of rotatable bonds is 2. The van der Waals surface area contributed by atoms with Crippen molar-refractivity contribution in [3.8, 4) is 0 Å². The molecule has 6 nitrogen and oxygen atoms in total. The predicted molar refractivity (Wildman–Crippen MR) is 79.4 cm³/mol. The first-order valence-electron chi connectivity index (χ1n) is 7.80. The molecule has 2 fully saturated rings. The second-order valence-corrected chi connectivity index (χ2v) is 5.58. The molecule has 0 spiro atoms. The predicted octanol–water partition coefficient (Wildman–Crippen LogP) is 1.33. The van der Waals surface area contributed by atoms with Crippen molar-refractivity contribution in [3.05, 3.63) is 17.8 Å². The summed E-state index contributed by atoms with van der Waals surface area (Å²) >= 11 is 0. The lowest BCUT2D eigenvalue weighted by Crippen LogP contribution is -2.37. The van der Waals surface area contributed by atoms with Gasteiger partial charge < -0.3 is 14.5 Å². The molecule has 1 amide bonds. The largest absolute Gasteiger partial charge is 0.378 e. The monoisotopic (exact) mass is 290 g/mol. The van der Waals surface area contributed by atoms with E-state index >= 15 is 0 Å². The fraction of sp³-hybridized carbons (Fsp3) is 0.667. The molecule has 0 aromatic carbocycles. The van der Waals surface area contributed by atoms with Crippen molar-refractivity contribution in [3.63, 3.8) is 0 Å². The van der Waals surface area contributed by atoms with Crippen molar-refractivity contribution in [1.82, 2.24) is 15.1 Å². The molecule has 2 aliphatic rings. The van der Waals surface area contributed by atoms with Crippen LogP contribution in [0.25, 0.3) is 0 Å². The third-order valence-corrected chi connectivity index (χ3v) is 4.10. The minimum absolute atomic E-state index is 0.0120. The normalized spacial score (nSPS) is 20.2. The van der Waals surface area contributed by atoms with E-state index in [0.29, 0.717) is 5.69 Å². The Morgan fingerprint density at radius 3 is 2.29 bits per heavy atom. The summed E-state index contributed by atoms with van der Waals surface area (Å²) in [5.41, 5.74) is 0.453. The molecule has 0 N–H and O–H groups in total. The lowest BCUT2D eigenvalue weighted by molar-refractivity contribution is 0.0754. The zero-order chi connectivity index (χ0) is 14.5. The maximum atomic E-state index is 12.4. The van der Waals surface area contributed by atoms with Gasteiger partial charge in [0.1, 0.15) is 0 Å². The summed E-state index contributed by atoms with van der Waals surface area (Å²) in [5, 5.41) is 8.35. The van der Waals surface area contributed by atoms with Gasteiger partial charge in [-0.1, -0.05) is 12.8 Å². The highest BCUT2D eigenvalue weighted by atomic mass is 16.5. The average molecular weight is 290 g/mol. The van der Waals surface area contributed by atoms with Crippen molar-refractivity contribution in [2.75, 3.05) is 44.3 Å². The Hall–Kier alpha value is -1.69. The number of aromatic nitrogens is 2. The molecule has 0 saturated carbocycles. The molecule has 0 radical (unpaired) electrons. The number of likely N-dealkylation sites (tertiary alicyclic amines) is 1. The third kappa shape index (κ3) is 3.50. The molecule has 3 heterocycles. The Morgan fingerprint density at radius 2 is 1.67 bits per heavy atom. The topological polar surface area (TPSA) is 58.6 Å². The van der Waals surface area contributed by atoms with Crippen molar-refractivity contribution < 1.29 is 9.53 Å². The molecule has 114 valence electrons. The van der Waals surface area contributed by atoms with E-state index in [9.17, 15) is 4.79 Å². The zero-order valence-corrected chi connectivity index (χ0v) is 12.3. The van der Waals surface area contributed by atoms with E-state index in [0.717, 1.165) is 58.1 Å². The van der Waals surface area contributed by atoms with Gasteiger partial charge in [-0.05, 0) is 25.0 Å². The number of amides is 1. The van der Waals surface area contributed by atoms with Crippen LogP contribution >= 0.6 is 0 Å². The van der Waals surface area contributed by atoms with Gasteiger partial charge in [0.2, 0.25) is 0 Å². The van der Waals surface area contributed by atoms with Gasteiger partial charge >= 0.3 is 0 Å². The number of ether oxygens (including phenoxy) is 1.